The predicted octanol–water partition coefficient (Wildman–Crippen LogP) is 1.54. The molecule has 8 nitrogen and oxygen atoms in total. The molecule has 1 fully saturated rings. The summed E-state index contributed by atoms with van der Waals surface area (Å²) in [5.74, 6) is 0.833. The predicted molar refractivity (Wildman–Crippen MR) is 107 cm³/mol. The van der Waals surface area contributed by atoms with E-state index in [4.69, 9.17) is 8.83 Å². The molecule has 1 aliphatic heterocycles. The monoisotopic (exact) mass is 420 g/mol. The number of furan rings is 1. The first-order chi connectivity index (χ1) is 13.9. The van der Waals surface area contributed by atoms with Crippen molar-refractivity contribution in [1.29, 1.82) is 0 Å². The van der Waals surface area contributed by atoms with Crippen molar-refractivity contribution in [2.24, 2.45) is 0 Å². The molecule has 0 amide bonds. The second-order valence-corrected chi connectivity index (χ2v) is 9.32. The van der Waals surface area contributed by atoms with Gasteiger partial charge in [0.05, 0.1) is 29.5 Å². The number of aromatic nitrogens is 1. The van der Waals surface area contributed by atoms with Crippen molar-refractivity contribution in [2.75, 3.05) is 6.54 Å². The summed E-state index contributed by atoms with van der Waals surface area (Å²) in [5, 5.41) is 0. The Morgan fingerprint density at radius 2 is 2.00 bits per heavy atom. The largest absolute Gasteiger partial charge is 0.459 e. The zero-order valence-electron chi connectivity index (χ0n) is 16.4. The van der Waals surface area contributed by atoms with Crippen LogP contribution in [0, 0.1) is 0 Å². The Morgan fingerprint density at radius 3 is 2.83 bits per heavy atom. The number of fused-ring (bicyclic) bond motifs is 1. The SMILES string of the molecule is CC[C@H]1CCCC[NH+]1Cc1ccc(CNS(=O)(=O)c2ccc3[nH]c(=O)oc3c2)o1. The van der Waals surface area contributed by atoms with Gasteiger partial charge in [-0.25, -0.2) is 17.9 Å². The molecule has 9 heteroatoms. The van der Waals surface area contributed by atoms with Crippen LogP contribution >= 0.6 is 0 Å². The van der Waals surface area contributed by atoms with Gasteiger partial charge in [0.1, 0.15) is 12.3 Å². The smallest absolute Gasteiger partial charge is 0.417 e. The fraction of sp³-hybridized carbons (Fsp3) is 0.450. The maximum atomic E-state index is 12.6. The lowest BCUT2D eigenvalue weighted by Crippen LogP contribution is -3.15. The number of quaternary nitrogens is 1. The molecule has 1 aromatic carbocycles. The van der Waals surface area contributed by atoms with Crippen LogP contribution in [0.2, 0.25) is 0 Å². The molecule has 0 spiro atoms. The van der Waals surface area contributed by atoms with E-state index in [9.17, 15) is 13.2 Å². The molecule has 2 aromatic heterocycles. The molecule has 1 aliphatic rings. The third kappa shape index (κ3) is 4.47. The van der Waals surface area contributed by atoms with Crippen LogP contribution in [0.1, 0.15) is 44.1 Å². The number of likely N-dealkylation sites (tertiary alicyclic amines) is 1. The van der Waals surface area contributed by atoms with Crippen LogP contribution in [0.5, 0.6) is 0 Å². The zero-order valence-corrected chi connectivity index (χ0v) is 17.2. The first-order valence-corrected chi connectivity index (χ1v) is 11.5. The van der Waals surface area contributed by atoms with Crippen LogP contribution < -0.4 is 15.4 Å². The first-order valence-electron chi connectivity index (χ1n) is 9.99. The van der Waals surface area contributed by atoms with E-state index in [1.165, 1.54) is 37.5 Å². The Labute approximate surface area is 168 Å². The minimum Gasteiger partial charge on any atom is -0.459 e. The number of aromatic amines is 1. The number of benzene rings is 1. The van der Waals surface area contributed by atoms with Crippen molar-refractivity contribution in [3.8, 4) is 0 Å². The highest BCUT2D eigenvalue weighted by atomic mass is 32.2. The van der Waals surface area contributed by atoms with Gasteiger partial charge in [0, 0.05) is 6.07 Å². The molecule has 3 aromatic rings. The highest BCUT2D eigenvalue weighted by molar-refractivity contribution is 7.89. The van der Waals surface area contributed by atoms with E-state index in [1.807, 2.05) is 12.1 Å². The molecule has 3 heterocycles. The van der Waals surface area contributed by atoms with Crippen LogP contribution in [0.3, 0.4) is 0 Å². The Morgan fingerprint density at radius 1 is 1.17 bits per heavy atom. The number of rotatable bonds is 7. The molecule has 0 saturated carbocycles. The van der Waals surface area contributed by atoms with Gasteiger partial charge in [0.2, 0.25) is 10.0 Å². The van der Waals surface area contributed by atoms with E-state index in [-0.39, 0.29) is 17.0 Å². The van der Waals surface area contributed by atoms with Crippen LogP contribution in [0.25, 0.3) is 11.1 Å². The fourth-order valence-electron chi connectivity index (χ4n) is 4.06. The molecular weight excluding hydrogens is 394 g/mol. The molecule has 0 bridgehead atoms. The third-order valence-electron chi connectivity index (χ3n) is 5.63. The second-order valence-electron chi connectivity index (χ2n) is 7.55. The Kier molecular flexibility index (Phi) is 5.62. The molecule has 156 valence electrons. The molecule has 29 heavy (non-hydrogen) atoms. The van der Waals surface area contributed by atoms with Gasteiger partial charge in [-0.1, -0.05) is 6.92 Å². The lowest BCUT2D eigenvalue weighted by molar-refractivity contribution is -0.944. The molecule has 1 saturated heterocycles. The number of sulfonamides is 1. The van der Waals surface area contributed by atoms with Gasteiger partial charge in [-0.15, -0.1) is 0 Å². The number of H-pyrrole nitrogens is 1. The summed E-state index contributed by atoms with van der Waals surface area (Å²) in [6, 6.07) is 8.67. The summed E-state index contributed by atoms with van der Waals surface area (Å²) in [7, 11) is -3.76. The summed E-state index contributed by atoms with van der Waals surface area (Å²) in [5.41, 5.74) is 0.656. The van der Waals surface area contributed by atoms with E-state index in [1.54, 1.807) is 4.90 Å². The fourth-order valence-corrected chi connectivity index (χ4v) is 5.06. The molecule has 3 N–H and O–H groups in total. The number of hydrogen-bond donors (Lipinski definition) is 3. The van der Waals surface area contributed by atoms with E-state index in [2.05, 4.69) is 16.6 Å². The molecule has 0 aliphatic carbocycles. The van der Waals surface area contributed by atoms with Crippen LogP contribution in [-0.2, 0) is 23.1 Å². The summed E-state index contributed by atoms with van der Waals surface area (Å²) >= 11 is 0. The van der Waals surface area contributed by atoms with E-state index in [0.29, 0.717) is 17.3 Å². The Balaban J connectivity index is 1.41. The van der Waals surface area contributed by atoms with Gasteiger partial charge in [-0.05, 0) is 49.9 Å². The highest BCUT2D eigenvalue weighted by Gasteiger charge is 2.25. The number of piperidine rings is 1. The van der Waals surface area contributed by atoms with Gasteiger partial charge in [-0.3, -0.25) is 4.98 Å². The van der Waals surface area contributed by atoms with Gasteiger partial charge in [0.25, 0.3) is 0 Å². The van der Waals surface area contributed by atoms with Crippen LogP contribution in [0.4, 0.5) is 0 Å². The third-order valence-corrected chi connectivity index (χ3v) is 7.03. The maximum Gasteiger partial charge on any atom is 0.417 e. The van der Waals surface area contributed by atoms with Gasteiger partial charge >= 0.3 is 5.76 Å². The first kappa shape index (κ1) is 19.9. The standard InChI is InChI=1S/C20H25N3O5S/c1-2-14-5-3-4-10-23(14)13-16-7-6-15(27-16)12-21-29(25,26)17-8-9-18-19(11-17)28-20(24)22-18/h6-9,11,14,21H,2-5,10,12-13H2,1H3,(H,22,24)/p+1/t14-/m0/s1. The van der Waals surface area contributed by atoms with E-state index in [0.717, 1.165) is 25.3 Å². The minimum atomic E-state index is -3.76. The van der Waals surface area contributed by atoms with E-state index < -0.39 is 15.8 Å². The number of nitrogens with one attached hydrogen (secondary N) is 3. The van der Waals surface area contributed by atoms with Crippen molar-refractivity contribution >= 4 is 21.1 Å². The number of hydrogen-bond acceptors (Lipinski definition) is 5. The van der Waals surface area contributed by atoms with Crippen LogP contribution in [-0.4, -0.2) is 26.0 Å². The quantitative estimate of drug-likeness (QED) is 0.537. The average Bonchev–Trinajstić information content (AvgIpc) is 3.31. The molecule has 1 unspecified atom stereocenters. The minimum absolute atomic E-state index is 0.0306. The summed E-state index contributed by atoms with van der Waals surface area (Å²) in [6.07, 6.45) is 4.95. The molecule has 2 atom stereocenters. The summed E-state index contributed by atoms with van der Waals surface area (Å²) in [6.45, 7) is 4.27. The lowest BCUT2D eigenvalue weighted by atomic mass is 10.00. The van der Waals surface area contributed by atoms with Gasteiger partial charge in [-0.2, -0.15) is 0 Å². The lowest BCUT2D eigenvalue weighted by Gasteiger charge is -2.31. The normalized spacial score (nSPS) is 20.3. The Hall–Kier alpha value is -2.36. The second kappa shape index (κ2) is 8.17. The highest BCUT2D eigenvalue weighted by Crippen LogP contribution is 2.17. The number of oxazole rings is 1. The van der Waals surface area contributed by atoms with Crippen LogP contribution in [0.15, 0.2) is 48.9 Å². The topological polar surface area (TPSA) is 110 Å². The Bertz CT molecular complexity index is 1140. The molecule has 4 rings (SSSR count). The van der Waals surface area contributed by atoms with Crippen molar-refractivity contribution < 1.29 is 22.2 Å². The zero-order chi connectivity index (χ0) is 20.4. The molecular formula is C20H26N3O5S+. The van der Waals surface area contributed by atoms with Gasteiger partial charge in [0.15, 0.2) is 11.3 Å². The maximum absolute atomic E-state index is 12.6. The summed E-state index contributed by atoms with van der Waals surface area (Å²) < 4.78 is 38.5. The van der Waals surface area contributed by atoms with Crippen molar-refractivity contribution in [3.63, 3.8) is 0 Å². The van der Waals surface area contributed by atoms with Gasteiger partial charge < -0.3 is 13.7 Å². The van der Waals surface area contributed by atoms with Crippen molar-refractivity contribution in [1.82, 2.24) is 9.71 Å². The van der Waals surface area contributed by atoms with E-state index >= 15 is 0 Å². The van der Waals surface area contributed by atoms with Crippen molar-refractivity contribution in [3.05, 3.63) is 52.4 Å². The average molecular weight is 421 g/mol. The van der Waals surface area contributed by atoms with Crippen molar-refractivity contribution in [2.45, 2.75) is 56.6 Å². The summed E-state index contributed by atoms with van der Waals surface area (Å²) in [4.78, 5) is 15.3. The molecule has 0 radical (unpaired) electrons.